The Hall–Kier alpha value is -4.46. The van der Waals surface area contributed by atoms with Gasteiger partial charge >= 0.3 is 0 Å². The predicted molar refractivity (Wildman–Crippen MR) is 167 cm³/mol. The summed E-state index contributed by atoms with van der Waals surface area (Å²) in [6, 6.07) is 25.6. The molecule has 0 radical (unpaired) electrons. The van der Waals surface area contributed by atoms with E-state index in [4.69, 9.17) is 38.3 Å². The molecule has 0 bridgehead atoms. The van der Waals surface area contributed by atoms with Crippen LogP contribution < -0.4 is 10.2 Å². The number of hydrogen-bond acceptors (Lipinski definition) is 6. The number of aryl methyl sites for hydroxylation is 3. The summed E-state index contributed by atoms with van der Waals surface area (Å²) in [5.41, 5.74) is 7.87. The van der Waals surface area contributed by atoms with E-state index in [9.17, 15) is 0 Å². The zero-order chi connectivity index (χ0) is 28.2. The molecule has 1 N–H and O–H groups in total. The Labute approximate surface area is 247 Å². The molecule has 7 nitrogen and oxygen atoms in total. The topological polar surface area (TPSA) is 70.7 Å². The van der Waals surface area contributed by atoms with Crippen molar-refractivity contribution >= 4 is 57.8 Å². The Bertz CT molecular complexity index is 1890. The van der Waals surface area contributed by atoms with Crippen LogP contribution in [-0.2, 0) is 0 Å². The number of nitrogens with zero attached hydrogens (tertiary/aromatic N) is 6. The monoisotopic (exact) mass is 577 g/mol. The van der Waals surface area contributed by atoms with E-state index in [0.717, 1.165) is 33.9 Å². The first kappa shape index (κ1) is 25.5. The Morgan fingerprint density at radius 3 is 2.41 bits per heavy atom. The molecule has 3 aromatic carbocycles. The van der Waals surface area contributed by atoms with Crippen molar-refractivity contribution in [2.24, 2.45) is 9.98 Å². The summed E-state index contributed by atoms with van der Waals surface area (Å²) in [7, 11) is 0. The van der Waals surface area contributed by atoms with Crippen LogP contribution >= 0.6 is 23.2 Å². The minimum atomic E-state index is -0.307. The number of nitrogens with one attached hydrogen (secondary N) is 1. The summed E-state index contributed by atoms with van der Waals surface area (Å²) in [6.07, 6.45) is 1.75. The Morgan fingerprint density at radius 2 is 1.63 bits per heavy atom. The van der Waals surface area contributed by atoms with E-state index in [1.165, 1.54) is 11.1 Å². The van der Waals surface area contributed by atoms with Crippen molar-refractivity contribution in [1.29, 1.82) is 0 Å². The van der Waals surface area contributed by atoms with E-state index in [-0.39, 0.29) is 6.04 Å². The molecular formula is C32H25Cl2N7. The molecule has 0 spiro atoms. The smallest absolute Gasteiger partial charge is 0.179 e. The fraction of sp³-hybridized carbons (Fsp3) is 0.125. The van der Waals surface area contributed by atoms with Gasteiger partial charge in [-0.1, -0.05) is 53.5 Å². The van der Waals surface area contributed by atoms with Crippen LogP contribution in [0.25, 0.3) is 5.82 Å². The SMILES string of the molecule is Cc1ccc(NC2=Nc3ccccc3N3C2=Nc2c(c(C)nn2-c2ccccn2)[C@@H]3c2ccc(Cl)c(Cl)c2)cc1C. The van der Waals surface area contributed by atoms with Crippen LogP contribution in [0.15, 0.2) is 95.0 Å². The number of aromatic nitrogens is 3. The molecule has 0 amide bonds. The molecule has 5 aromatic rings. The maximum Gasteiger partial charge on any atom is 0.179 e. The van der Waals surface area contributed by atoms with Gasteiger partial charge < -0.3 is 10.2 Å². The van der Waals surface area contributed by atoms with Crippen molar-refractivity contribution in [3.05, 3.63) is 123 Å². The third-order valence-electron chi connectivity index (χ3n) is 7.53. The summed E-state index contributed by atoms with van der Waals surface area (Å²) in [5.74, 6) is 2.67. The van der Waals surface area contributed by atoms with E-state index in [2.05, 4.69) is 53.3 Å². The van der Waals surface area contributed by atoms with Gasteiger partial charge in [0.05, 0.1) is 33.2 Å². The highest BCUT2D eigenvalue weighted by molar-refractivity contribution is 6.51. The lowest BCUT2D eigenvalue weighted by Crippen LogP contribution is -2.46. The maximum absolute atomic E-state index is 6.59. The first-order chi connectivity index (χ1) is 19.9. The highest BCUT2D eigenvalue weighted by atomic mass is 35.5. The maximum atomic E-state index is 6.59. The summed E-state index contributed by atoms with van der Waals surface area (Å²) in [4.78, 5) is 17.1. The van der Waals surface area contributed by atoms with E-state index in [1.54, 1.807) is 10.9 Å². The molecule has 2 aromatic heterocycles. The molecular weight excluding hydrogens is 553 g/mol. The molecule has 0 saturated heterocycles. The molecule has 2 aliphatic heterocycles. The van der Waals surface area contributed by atoms with Crippen LogP contribution in [-0.4, -0.2) is 26.4 Å². The molecule has 1 atom stereocenters. The number of aliphatic imine (C=N–C) groups is 2. The van der Waals surface area contributed by atoms with Crippen LogP contribution in [0.1, 0.15) is 34.0 Å². The number of benzene rings is 3. The zero-order valence-corrected chi connectivity index (χ0v) is 24.1. The lowest BCUT2D eigenvalue weighted by Gasteiger charge is -2.40. The summed E-state index contributed by atoms with van der Waals surface area (Å²) >= 11 is 13.0. The summed E-state index contributed by atoms with van der Waals surface area (Å²) < 4.78 is 1.80. The third kappa shape index (κ3) is 4.29. The first-order valence-corrected chi connectivity index (χ1v) is 14.0. The molecule has 41 heavy (non-hydrogen) atoms. The van der Waals surface area contributed by atoms with Crippen LogP contribution in [0.3, 0.4) is 0 Å². The van der Waals surface area contributed by atoms with Crippen molar-refractivity contribution in [3.8, 4) is 5.82 Å². The molecule has 9 heteroatoms. The van der Waals surface area contributed by atoms with Gasteiger partial charge in [0.15, 0.2) is 23.3 Å². The summed E-state index contributed by atoms with van der Waals surface area (Å²) in [6.45, 7) is 6.20. The van der Waals surface area contributed by atoms with Gasteiger partial charge in [-0.3, -0.25) is 0 Å². The van der Waals surface area contributed by atoms with E-state index in [0.29, 0.717) is 33.4 Å². The molecule has 0 saturated carbocycles. The van der Waals surface area contributed by atoms with Gasteiger partial charge in [-0.25, -0.2) is 15.0 Å². The number of anilines is 2. The molecule has 0 aliphatic carbocycles. The number of halogens is 2. The molecule has 0 fully saturated rings. The van der Waals surface area contributed by atoms with Gasteiger partial charge in [0.25, 0.3) is 0 Å². The van der Waals surface area contributed by atoms with Crippen molar-refractivity contribution in [1.82, 2.24) is 14.8 Å². The highest BCUT2D eigenvalue weighted by Gasteiger charge is 2.41. The van der Waals surface area contributed by atoms with Crippen LogP contribution in [0, 0.1) is 20.8 Å². The van der Waals surface area contributed by atoms with Crippen LogP contribution in [0.4, 0.5) is 22.9 Å². The second-order valence-corrected chi connectivity index (χ2v) is 11.0. The summed E-state index contributed by atoms with van der Waals surface area (Å²) in [5, 5.41) is 9.47. The van der Waals surface area contributed by atoms with E-state index < -0.39 is 0 Å². The standard InChI is InChI=1S/C32H25Cl2N7/c1-18-11-13-22(16-19(18)2)36-30-32-38-31-28(20(3)39-41(31)27-10-6-7-15-35-27)29(21-12-14-23(33)24(34)17-21)40(32)26-9-5-4-8-25(26)37-30/h4-17,29H,1-3H3,(H,36,37)/t29-/m0/s1. The largest absolute Gasteiger partial charge is 0.337 e. The average molecular weight is 579 g/mol. The minimum absolute atomic E-state index is 0.307. The fourth-order valence-electron chi connectivity index (χ4n) is 5.39. The van der Waals surface area contributed by atoms with Crippen LogP contribution in [0.5, 0.6) is 0 Å². The lowest BCUT2D eigenvalue weighted by molar-refractivity contribution is 0.810. The van der Waals surface area contributed by atoms with Gasteiger partial charge in [0.2, 0.25) is 0 Å². The van der Waals surface area contributed by atoms with Gasteiger partial charge in [-0.2, -0.15) is 9.78 Å². The van der Waals surface area contributed by atoms with Crippen molar-refractivity contribution in [2.45, 2.75) is 26.8 Å². The van der Waals surface area contributed by atoms with Crippen molar-refractivity contribution in [2.75, 3.05) is 10.2 Å². The zero-order valence-electron chi connectivity index (χ0n) is 22.6. The second kappa shape index (κ2) is 9.87. The van der Waals surface area contributed by atoms with Gasteiger partial charge in [-0.05, 0) is 86.0 Å². The Balaban J connectivity index is 1.50. The second-order valence-electron chi connectivity index (χ2n) is 10.2. The lowest BCUT2D eigenvalue weighted by atomic mass is 9.93. The molecule has 202 valence electrons. The normalized spacial score (nSPS) is 15.4. The predicted octanol–water partition coefficient (Wildman–Crippen LogP) is 8.29. The Morgan fingerprint density at radius 1 is 0.805 bits per heavy atom. The molecule has 4 heterocycles. The van der Waals surface area contributed by atoms with Crippen molar-refractivity contribution in [3.63, 3.8) is 0 Å². The number of amidine groups is 2. The minimum Gasteiger partial charge on any atom is -0.337 e. The van der Waals surface area contributed by atoms with Gasteiger partial charge in [-0.15, -0.1) is 0 Å². The third-order valence-corrected chi connectivity index (χ3v) is 8.27. The number of rotatable bonds is 3. The molecule has 2 aliphatic rings. The fourth-order valence-corrected chi connectivity index (χ4v) is 5.70. The number of fused-ring (bicyclic) bond motifs is 4. The van der Waals surface area contributed by atoms with Crippen molar-refractivity contribution < 1.29 is 0 Å². The van der Waals surface area contributed by atoms with Gasteiger partial charge in [0, 0.05) is 17.4 Å². The quantitative estimate of drug-likeness (QED) is 0.234. The molecule has 0 unspecified atom stereocenters. The van der Waals surface area contributed by atoms with Gasteiger partial charge in [0.1, 0.15) is 0 Å². The average Bonchev–Trinajstić information content (AvgIpc) is 3.32. The number of para-hydroxylation sites is 2. The number of hydrogen-bond donors (Lipinski definition) is 1. The Kier molecular flexibility index (Phi) is 6.14. The molecule has 7 rings (SSSR count). The van der Waals surface area contributed by atoms with Crippen LogP contribution in [0.2, 0.25) is 10.0 Å². The van der Waals surface area contributed by atoms with E-state index in [1.807, 2.05) is 61.5 Å². The van der Waals surface area contributed by atoms with E-state index >= 15 is 0 Å². The highest BCUT2D eigenvalue weighted by Crippen LogP contribution is 2.48. The number of pyridine rings is 1. The first-order valence-electron chi connectivity index (χ1n) is 13.2.